The second-order valence-electron chi connectivity index (χ2n) is 4.29. The summed E-state index contributed by atoms with van der Waals surface area (Å²) in [5, 5.41) is 2.90. The fourth-order valence-electron chi connectivity index (χ4n) is 1.75. The number of ether oxygens (including phenoxy) is 1. The Labute approximate surface area is 102 Å². The van der Waals surface area contributed by atoms with E-state index in [0.717, 1.165) is 6.42 Å². The van der Waals surface area contributed by atoms with E-state index in [1.165, 1.54) is 0 Å². The summed E-state index contributed by atoms with van der Waals surface area (Å²) in [6, 6.07) is 7.28. The Balaban J connectivity index is 2.69. The lowest BCUT2D eigenvalue weighted by atomic mass is 10.1. The summed E-state index contributed by atoms with van der Waals surface area (Å²) in [5.41, 5.74) is 6.24. The number of nitrogens with two attached hydrogens (primary N) is 1. The first-order chi connectivity index (χ1) is 8.04. The number of hydrogen-bond acceptors (Lipinski definition) is 3. The maximum absolute atomic E-state index is 12.0. The molecule has 0 saturated carbocycles. The molecule has 0 radical (unpaired) electrons. The first-order valence-corrected chi connectivity index (χ1v) is 5.74. The van der Waals surface area contributed by atoms with Gasteiger partial charge in [0, 0.05) is 12.1 Å². The number of carbonyl (C=O) groups is 1. The average molecular weight is 236 g/mol. The summed E-state index contributed by atoms with van der Waals surface area (Å²) in [5.74, 6) is 0.452. The molecule has 1 aromatic rings. The van der Waals surface area contributed by atoms with Crippen molar-refractivity contribution >= 4 is 5.91 Å². The van der Waals surface area contributed by atoms with E-state index in [-0.39, 0.29) is 18.0 Å². The molecule has 4 nitrogen and oxygen atoms in total. The maximum atomic E-state index is 12.0. The summed E-state index contributed by atoms with van der Waals surface area (Å²) in [7, 11) is 1.55. The van der Waals surface area contributed by atoms with Gasteiger partial charge < -0.3 is 15.8 Å². The Hall–Kier alpha value is -1.55. The molecule has 1 rings (SSSR count). The Morgan fingerprint density at radius 2 is 2.06 bits per heavy atom. The van der Waals surface area contributed by atoms with Crippen molar-refractivity contribution in [1.82, 2.24) is 5.32 Å². The van der Waals surface area contributed by atoms with Gasteiger partial charge in [-0.05, 0) is 32.4 Å². The molecule has 2 unspecified atom stereocenters. The SMILES string of the molecule is COc1ccccc1C(=O)NC(C)CC(C)N. The van der Waals surface area contributed by atoms with Gasteiger partial charge in [0.05, 0.1) is 12.7 Å². The van der Waals surface area contributed by atoms with E-state index in [0.29, 0.717) is 11.3 Å². The van der Waals surface area contributed by atoms with Gasteiger partial charge in [0.2, 0.25) is 0 Å². The molecular weight excluding hydrogens is 216 g/mol. The molecule has 0 aromatic heterocycles. The van der Waals surface area contributed by atoms with Gasteiger partial charge in [-0.25, -0.2) is 0 Å². The van der Waals surface area contributed by atoms with Crippen LogP contribution in [0.2, 0.25) is 0 Å². The van der Waals surface area contributed by atoms with Crippen LogP contribution in [0.1, 0.15) is 30.6 Å². The largest absolute Gasteiger partial charge is 0.496 e. The van der Waals surface area contributed by atoms with Crippen molar-refractivity contribution in [2.24, 2.45) is 5.73 Å². The zero-order valence-corrected chi connectivity index (χ0v) is 10.6. The monoisotopic (exact) mass is 236 g/mol. The highest BCUT2D eigenvalue weighted by Crippen LogP contribution is 2.17. The van der Waals surface area contributed by atoms with Crippen LogP contribution >= 0.6 is 0 Å². The highest BCUT2D eigenvalue weighted by atomic mass is 16.5. The first-order valence-electron chi connectivity index (χ1n) is 5.74. The summed E-state index contributed by atoms with van der Waals surface area (Å²) in [6.45, 7) is 3.86. The van der Waals surface area contributed by atoms with E-state index >= 15 is 0 Å². The Kier molecular flexibility index (Phi) is 4.97. The topological polar surface area (TPSA) is 64.3 Å². The van der Waals surface area contributed by atoms with E-state index in [9.17, 15) is 4.79 Å². The molecule has 3 N–H and O–H groups in total. The lowest BCUT2D eigenvalue weighted by Crippen LogP contribution is -2.36. The van der Waals surface area contributed by atoms with Crippen LogP contribution < -0.4 is 15.8 Å². The van der Waals surface area contributed by atoms with Crippen LogP contribution in [0.15, 0.2) is 24.3 Å². The fraction of sp³-hybridized carbons (Fsp3) is 0.462. The van der Waals surface area contributed by atoms with Crippen LogP contribution in [-0.2, 0) is 0 Å². The third kappa shape index (κ3) is 4.07. The Morgan fingerprint density at radius 1 is 1.41 bits per heavy atom. The normalized spacial score (nSPS) is 13.9. The maximum Gasteiger partial charge on any atom is 0.255 e. The highest BCUT2D eigenvalue weighted by Gasteiger charge is 2.14. The van der Waals surface area contributed by atoms with Gasteiger partial charge in [-0.1, -0.05) is 12.1 Å². The molecule has 0 bridgehead atoms. The zero-order chi connectivity index (χ0) is 12.8. The Bertz CT molecular complexity index is 377. The predicted molar refractivity (Wildman–Crippen MR) is 68.2 cm³/mol. The van der Waals surface area contributed by atoms with Gasteiger partial charge in [0.25, 0.3) is 5.91 Å². The standard InChI is InChI=1S/C13H20N2O2/c1-9(14)8-10(2)15-13(16)11-6-4-5-7-12(11)17-3/h4-7,9-10H,8,14H2,1-3H3,(H,15,16). The number of benzene rings is 1. The number of nitrogens with one attached hydrogen (secondary N) is 1. The fourth-order valence-corrected chi connectivity index (χ4v) is 1.75. The van der Waals surface area contributed by atoms with E-state index < -0.39 is 0 Å². The van der Waals surface area contributed by atoms with Crippen molar-refractivity contribution < 1.29 is 9.53 Å². The summed E-state index contributed by atoms with van der Waals surface area (Å²) in [6.07, 6.45) is 0.751. The van der Waals surface area contributed by atoms with Gasteiger partial charge in [-0.15, -0.1) is 0 Å². The van der Waals surface area contributed by atoms with Crippen molar-refractivity contribution in [3.8, 4) is 5.75 Å². The number of para-hydroxylation sites is 1. The smallest absolute Gasteiger partial charge is 0.255 e. The van der Waals surface area contributed by atoms with Crippen LogP contribution in [0.3, 0.4) is 0 Å². The van der Waals surface area contributed by atoms with E-state index in [1.54, 1.807) is 19.2 Å². The molecule has 0 aliphatic rings. The quantitative estimate of drug-likeness (QED) is 0.815. The zero-order valence-electron chi connectivity index (χ0n) is 10.6. The van der Waals surface area contributed by atoms with Crippen LogP contribution in [0.25, 0.3) is 0 Å². The van der Waals surface area contributed by atoms with E-state index in [4.69, 9.17) is 10.5 Å². The third-order valence-electron chi connectivity index (χ3n) is 2.45. The van der Waals surface area contributed by atoms with E-state index in [2.05, 4.69) is 5.32 Å². The second-order valence-corrected chi connectivity index (χ2v) is 4.29. The first kappa shape index (κ1) is 13.5. The minimum absolute atomic E-state index is 0.0485. The molecule has 17 heavy (non-hydrogen) atoms. The highest BCUT2D eigenvalue weighted by molar-refractivity contribution is 5.97. The van der Waals surface area contributed by atoms with Gasteiger partial charge in [0.1, 0.15) is 5.75 Å². The lowest BCUT2D eigenvalue weighted by molar-refractivity contribution is 0.0934. The van der Waals surface area contributed by atoms with Crippen molar-refractivity contribution in [2.45, 2.75) is 32.4 Å². The molecule has 0 saturated heterocycles. The van der Waals surface area contributed by atoms with Gasteiger partial charge in [-0.2, -0.15) is 0 Å². The van der Waals surface area contributed by atoms with Gasteiger partial charge in [-0.3, -0.25) is 4.79 Å². The molecule has 0 aliphatic heterocycles. The molecule has 4 heteroatoms. The number of hydrogen-bond donors (Lipinski definition) is 2. The van der Waals surface area contributed by atoms with Gasteiger partial charge >= 0.3 is 0 Å². The lowest BCUT2D eigenvalue weighted by Gasteiger charge is -2.16. The number of rotatable bonds is 5. The summed E-state index contributed by atoms with van der Waals surface area (Å²) < 4.78 is 5.14. The molecule has 0 aliphatic carbocycles. The summed E-state index contributed by atoms with van der Waals surface area (Å²) in [4.78, 5) is 12.0. The van der Waals surface area contributed by atoms with Crippen molar-refractivity contribution in [2.75, 3.05) is 7.11 Å². The van der Waals surface area contributed by atoms with Crippen molar-refractivity contribution in [3.63, 3.8) is 0 Å². The third-order valence-corrected chi connectivity index (χ3v) is 2.45. The molecule has 0 fully saturated rings. The minimum Gasteiger partial charge on any atom is -0.496 e. The van der Waals surface area contributed by atoms with Crippen LogP contribution in [-0.4, -0.2) is 25.1 Å². The van der Waals surface area contributed by atoms with Crippen LogP contribution in [0, 0.1) is 0 Å². The summed E-state index contributed by atoms with van der Waals surface area (Å²) >= 11 is 0. The predicted octanol–water partition coefficient (Wildman–Crippen LogP) is 1.55. The van der Waals surface area contributed by atoms with Gasteiger partial charge in [0.15, 0.2) is 0 Å². The van der Waals surface area contributed by atoms with Crippen LogP contribution in [0.4, 0.5) is 0 Å². The van der Waals surface area contributed by atoms with E-state index in [1.807, 2.05) is 26.0 Å². The molecular formula is C13H20N2O2. The molecule has 94 valence electrons. The number of amides is 1. The molecule has 0 spiro atoms. The molecule has 2 atom stereocenters. The van der Waals surface area contributed by atoms with Crippen molar-refractivity contribution in [1.29, 1.82) is 0 Å². The molecule has 1 amide bonds. The minimum atomic E-state index is -0.129. The second kappa shape index (κ2) is 6.25. The number of carbonyl (C=O) groups excluding carboxylic acids is 1. The molecule has 1 aromatic carbocycles. The van der Waals surface area contributed by atoms with Crippen LogP contribution in [0.5, 0.6) is 5.75 Å². The number of methoxy groups -OCH3 is 1. The molecule has 0 heterocycles. The Morgan fingerprint density at radius 3 is 2.65 bits per heavy atom. The average Bonchev–Trinajstić information content (AvgIpc) is 2.27. The van der Waals surface area contributed by atoms with Crippen molar-refractivity contribution in [3.05, 3.63) is 29.8 Å².